The molecule has 0 unspecified atom stereocenters. The number of aliphatic hydroxyl groups excluding tert-OH is 1. The topological polar surface area (TPSA) is 101 Å². The molecule has 0 aliphatic carbocycles. The fourth-order valence-corrected chi connectivity index (χ4v) is 1.33. The van der Waals surface area contributed by atoms with Crippen LogP contribution in [0.15, 0.2) is 18.7 Å². The number of hydrogen-bond donors (Lipinski definition) is 3. The molecular formula is C10H15N7O. The molecule has 0 amide bonds. The summed E-state index contributed by atoms with van der Waals surface area (Å²) >= 11 is 0. The van der Waals surface area contributed by atoms with E-state index in [2.05, 4.69) is 30.6 Å². The molecule has 0 radical (unpaired) electrons. The van der Waals surface area contributed by atoms with Gasteiger partial charge < -0.3 is 15.7 Å². The number of nitrogens with zero attached hydrogens (tertiary/aromatic N) is 5. The summed E-state index contributed by atoms with van der Waals surface area (Å²) in [5, 5.41) is 14.6. The van der Waals surface area contributed by atoms with E-state index in [1.54, 1.807) is 30.3 Å². The summed E-state index contributed by atoms with van der Waals surface area (Å²) < 4.78 is 1.69. The molecular weight excluding hydrogens is 234 g/mol. The van der Waals surface area contributed by atoms with E-state index in [1.165, 1.54) is 0 Å². The van der Waals surface area contributed by atoms with Crippen LogP contribution in [0.3, 0.4) is 0 Å². The second kappa shape index (κ2) is 5.92. The summed E-state index contributed by atoms with van der Waals surface area (Å²) in [4.78, 5) is 16.6. The maximum atomic E-state index is 8.73. The lowest BCUT2D eigenvalue weighted by Gasteiger charge is -2.08. The van der Waals surface area contributed by atoms with Gasteiger partial charge in [0.25, 0.3) is 0 Å². The van der Waals surface area contributed by atoms with Gasteiger partial charge in [0.1, 0.15) is 6.33 Å². The summed E-state index contributed by atoms with van der Waals surface area (Å²) in [5.41, 5.74) is 0. The van der Waals surface area contributed by atoms with Crippen LogP contribution in [0, 0.1) is 0 Å². The van der Waals surface area contributed by atoms with Gasteiger partial charge in [0.05, 0.1) is 0 Å². The molecule has 3 N–H and O–H groups in total. The molecule has 0 saturated carbocycles. The van der Waals surface area contributed by atoms with Crippen LogP contribution in [0.4, 0.5) is 11.9 Å². The molecule has 0 spiro atoms. The zero-order valence-corrected chi connectivity index (χ0v) is 10.0. The third-order valence-electron chi connectivity index (χ3n) is 2.20. The average molecular weight is 249 g/mol. The third kappa shape index (κ3) is 2.92. The van der Waals surface area contributed by atoms with Crippen molar-refractivity contribution in [1.29, 1.82) is 0 Å². The molecule has 8 heteroatoms. The standard InChI is InChI=1S/C10H15N7O/c1-11-8-14-9(13-3-2-6-18)16-10(15-8)17-5-4-12-7-17/h4-5,7,18H,2-3,6H2,1H3,(H2,11,13,14,15,16). The van der Waals surface area contributed by atoms with E-state index in [4.69, 9.17) is 5.11 Å². The van der Waals surface area contributed by atoms with Crippen LogP contribution >= 0.6 is 0 Å². The molecule has 8 nitrogen and oxygen atoms in total. The second-order valence-electron chi connectivity index (χ2n) is 3.51. The Morgan fingerprint density at radius 3 is 2.78 bits per heavy atom. The van der Waals surface area contributed by atoms with Gasteiger partial charge in [-0.2, -0.15) is 15.0 Å². The molecule has 2 heterocycles. The van der Waals surface area contributed by atoms with Gasteiger partial charge in [-0.1, -0.05) is 0 Å². The predicted octanol–water partition coefficient (Wildman–Crippen LogP) is -0.107. The molecule has 2 aromatic heterocycles. The predicted molar refractivity (Wildman–Crippen MR) is 66.7 cm³/mol. The van der Waals surface area contributed by atoms with E-state index in [1.807, 2.05) is 0 Å². The summed E-state index contributed by atoms with van der Waals surface area (Å²) in [7, 11) is 1.74. The highest BCUT2D eigenvalue weighted by Gasteiger charge is 2.06. The van der Waals surface area contributed by atoms with Crippen molar-refractivity contribution in [1.82, 2.24) is 24.5 Å². The van der Waals surface area contributed by atoms with Crippen molar-refractivity contribution >= 4 is 11.9 Å². The van der Waals surface area contributed by atoms with Crippen molar-refractivity contribution in [3.63, 3.8) is 0 Å². The van der Waals surface area contributed by atoms with Crippen LogP contribution in [0.25, 0.3) is 5.95 Å². The zero-order valence-electron chi connectivity index (χ0n) is 10.0. The normalized spacial score (nSPS) is 10.3. The minimum atomic E-state index is 0.130. The molecule has 2 aromatic rings. The molecule has 0 aliphatic heterocycles. The lowest BCUT2D eigenvalue weighted by atomic mass is 10.4. The maximum absolute atomic E-state index is 8.73. The van der Waals surface area contributed by atoms with Gasteiger partial charge in [0.2, 0.25) is 17.8 Å². The summed E-state index contributed by atoms with van der Waals surface area (Å²) in [6, 6.07) is 0. The lowest BCUT2D eigenvalue weighted by molar-refractivity contribution is 0.292. The Morgan fingerprint density at radius 1 is 1.28 bits per heavy atom. The number of nitrogens with one attached hydrogen (secondary N) is 2. The first-order valence-electron chi connectivity index (χ1n) is 5.60. The third-order valence-corrected chi connectivity index (χ3v) is 2.20. The summed E-state index contributed by atoms with van der Waals surface area (Å²) in [6.45, 7) is 0.735. The number of aromatic nitrogens is 5. The van der Waals surface area contributed by atoms with E-state index < -0.39 is 0 Å². The number of rotatable bonds is 6. The van der Waals surface area contributed by atoms with Gasteiger partial charge >= 0.3 is 0 Å². The zero-order chi connectivity index (χ0) is 12.8. The van der Waals surface area contributed by atoms with Gasteiger partial charge in [-0.3, -0.25) is 4.57 Å². The molecule has 0 atom stereocenters. The van der Waals surface area contributed by atoms with Crippen molar-refractivity contribution in [2.45, 2.75) is 6.42 Å². The Morgan fingerprint density at radius 2 is 2.11 bits per heavy atom. The molecule has 96 valence electrons. The van der Waals surface area contributed by atoms with Crippen molar-refractivity contribution in [3.05, 3.63) is 18.7 Å². The first kappa shape index (κ1) is 12.2. The highest BCUT2D eigenvalue weighted by Crippen LogP contribution is 2.08. The SMILES string of the molecule is CNc1nc(NCCCO)nc(-n2ccnc2)n1. The van der Waals surface area contributed by atoms with Crippen molar-refractivity contribution in [3.8, 4) is 5.95 Å². The molecule has 0 aromatic carbocycles. The van der Waals surface area contributed by atoms with Crippen molar-refractivity contribution in [2.75, 3.05) is 30.8 Å². The van der Waals surface area contributed by atoms with Crippen LogP contribution in [-0.4, -0.2) is 49.8 Å². The average Bonchev–Trinajstić information content (AvgIpc) is 2.92. The monoisotopic (exact) mass is 249 g/mol. The van der Waals surface area contributed by atoms with Gasteiger partial charge in [0.15, 0.2) is 0 Å². The van der Waals surface area contributed by atoms with E-state index in [-0.39, 0.29) is 6.61 Å². The number of hydrogen-bond acceptors (Lipinski definition) is 7. The Hall–Kier alpha value is -2.22. The van der Waals surface area contributed by atoms with Gasteiger partial charge in [-0.15, -0.1) is 0 Å². The first-order chi connectivity index (χ1) is 8.83. The Balaban J connectivity index is 2.22. The lowest BCUT2D eigenvalue weighted by Crippen LogP contribution is -2.12. The van der Waals surface area contributed by atoms with Crippen LogP contribution in [0.1, 0.15) is 6.42 Å². The molecule has 0 bridgehead atoms. The summed E-state index contributed by atoms with van der Waals surface area (Å²) in [6.07, 6.45) is 5.67. The smallest absolute Gasteiger partial charge is 0.241 e. The van der Waals surface area contributed by atoms with Crippen LogP contribution in [0.2, 0.25) is 0 Å². The number of imidazole rings is 1. The maximum Gasteiger partial charge on any atom is 0.241 e. The Bertz CT molecular complexity index is 485. The minimum absolute atomic E-state index is 0.130. The van der Waals surface area contributed by atoms with Crippen LogP contribution in [0.5, 0.6) is 0 Å². The molecule has 18 heavy (non-hydrogen) atoms. The van der Waals surface area contributed by atoms with Crippen molar-refractivity contribution in [2.24, 2.45) is 0 Å². The van der Waals surface area contributed by atoms with E-state index in [9.17, 15) is 0 Å². The van der Waals surface area contributed by atoms with E-state index in [0.717, 1.165) is 0 Å². The quantitative estimate of drug-likeness (QED) is 0.614. The van der Waals surface area contributed by atoms with E-state index in [0.29, 0.717) is 30.8 Å². The van der Waals surface area contributed by atoms with Crippen LogP contribution in [-0.2, 0) is 0 Å². The van der Waals surface area contributed by atoms with Gasteiger partial charge in [-0.25, -0.2) is 4.98 Å². The van der Waals surface area contributed by atoms with E-state index >= 15 is 0 Å². The molecule has 0 fully saturated rings. The molecule has 0 saturated heterocycles. The Kier molecular flexibility index (Phi) is 4.02. The number of aliphatic hydroxyl groups is 1. The minimum Gasteiger partial charge on any atom is -0.396 e. The molecule has 2 rings (SSSR count). The summed E-state index contributed by atoms with van der Waals surface area (Å²) in [5.74, 6) is 1.42. The number of anilines is 2. The second-order valence-corrected chi connectivity index (χ2v) is 3.51. The van der Waals surface area contributed by atoms with Crippen LogP contribution < -0.4 is 10.6 Å². The largest absolute Gasteiger partial charge is 0.396 e. The highest BCUT2D eigenvalue weighted by molar-refractivity contribution is 5.37. The van der Waals surface area contributed by atoms with Gasteiger partial charge in [-0.05, 0) is 6.42 Å². The highest BCUT2D eigenvalue weighted by atomic mass is 16.3. The fraction of sp³-hybridized carbons (Fsp3) is 0.400. The molecule has 0 aliphatic rings. The van der Waals surface area contributed by atoms with Gasteiger partial charge in [0, 0.05) is 32.6 Å². The first-order valence-corrected chi connectivity index (χ1v) is 5.60. The fourth-order valence-electron chi connectivity index (χ4n) is 1.33. The van der Waals surface area contributed by atoms with Crippen molar-refractivity contribution < 1.29 is 5.11 Å². The Labute approximate surface area is 104 Å².